The fourth-order valence-corrected chi connectivity index (χ4v) is 1.58. The van der Waals surface area contributed by atoms with E-state index in [0.717, 1.165) is 26.1 Å². The molecule has 0 aromatic carbocycles. The molecule has 0 unspecified atom stereocenters. The highest BCUT2D eigenvalue weighted by Crippen LogP contribution is 1.98. The fraction of sp³-hybridized carbons (Fsp3) is 0.750. The van der Waals surface area contributed by atoms with Crippen LogP contribution in [0.5, 0.6) is 0 Å². The molecule has 4 nitrogen and oxygen atoms in total. The van der Waals surface area contributed by atoms with Gasteiger partial charge in [0.15, 0.2) is 0 Å². The molecule has 16 heavy (non-hydrogen) atoms. The van der Waals surface area contributed by atoms with Gasteiger partial charge in [0.1, 0.15) is 0 Å². The quantitative estimate of drug-likeness (QED) is 0.770. The highest BCUT2D eigenvalue weighted by Gasteiger charge is 2.07. The lowest BCUT2D eigenvalue weighted by Gasteiger charge is -2.20. The lowest BCUT2D eigenvalue weighted by Crippen LogP contribution is -2.37. The maximum absolute atomic E-state index is 11.7. The summed E-state index contributed by atoms with van der Waals surface area (Å²) >= 11 is 0. The van der Waals surface area contributed by atoms with E-state index in [-0.39, 0.29) is 11.2 Å². The van der Waals surface area contributed by atoms with Crippen molar-refractivity contribution in [3.05, 3.63) is 22.9 Å². The van der Waals surface area contributed by atoms with Crippen molar-refractivity contribution in [1.29, 1.82) is 0 Å². The minimum Gasteiger partial charge on any atom is -0.312 e. The summed E-state index contributed by atoms with van der Waals surface area (Å²) in [7, 11) is 0. The monoisotopic (exact) mass is 225 g/mol. The zero-order valence-corrected chi connectivity index (χ0v) is 10.8. The van der Waals surface area contributed by atoms with E-state index in [2.05, 4.69) is 26.1 Å². The molecule has 1 heterocycles. The van der Waals surface area contributed by atoms with Crippen LogP contribution in [0.25, 0.3) is 0 Å². The van der Waals surface area contributed by atoms with Crippen molar-refractivity contribution in [3.63, 3.8) is 0 Å². The summed E-state index contributed by atoms with van der Waals surface area (Å²) in [6.07, 6.45) is 4.69. The van der Waals surface area contributed by atoms with Crippen molar-refractivity contribution in [2.45, 2.75) is 52.7 Å². The molecule has 0 aliphatic carbocycles. The number of hydrogen-bond acceptors (Lipinski definition) is 2. The highest BCUT2D eigenvalue weighted by atomic mass is 16.1. The molecule has 1 aromatic rings. The molecule has 0 aliphatic rings. The molecule has 1 N–H and O–H groups in total. The first-order valence-electron chi connectivity index (χ1n) is 5.94. The third-order valence-corrected chi connectivity index (χ3v) is 2.49. The van der Waals surface area contributed by atoms with E-state index in [1.807, 2.05) is 19.3 Å². The number of aryl methyl sites for hydroxylation is 2. The highest BCUT2D eigenvalue weighted by molar-refractivity contribution is 4.81. The molecule has 0 aliphatic heterocycles. The summed E-state index contributed by atoms with van der Waals surface area (Å²) in [5.74, 6) is 0. The van der Waals surface area contributed by atoms with Crippen LogP contribution in [-0.2, 0) is 13.1 Å². The molecule has 4 heteroatoms. The molecule has 0 radical (unpaired) electrons. The number of hydrogen-bond donors (Lipinski definition) is 1. The van der Waals surface area contributed by atoms with Gasteiger partial charge >= 0.3 is 5.69 Å². The third-order valence-electron chi connectivity index (χ3n) is 2.49. The van der Waals surface area contributed by atoms with Crippen LogP contribution >= 0.6 is 0 Å². The maximum Gasteiger partial charge on any atom is 0.328 e. The van der Waals surface area contributed by atoms with Crippen LogP contribution in [0.15, 0.2) is 17.2 Å². The van der Waals surface area contributed by atoms with Crippen LogP contribution in [-0.4, -0.2) is 21.2 Å². The number of nitrogens with zero attached hydrogens (tertiary/aromatic N) is 2. The average Bonchev–Trinajstić information content (AvgIpc) is 2.53. The molecule has 92 valence electrons. The Hall–Kier alpha value is -1.03. The average molecular weight is 225 g/mol. The van der Waals surface area contributed by atoms with Crippen LogP contribution in [0.2, 0.25) is 0 Å². The molecule has 1 rings (SSSR count). The van der Waals surface area contributed by atoms with E-state index >= 15 is 0 Å². The van der Waals surface area contributed by atoms with Gasteiger partial charge in [0.25, 0.3) is 0 Å². The van der Waals surface area contributed by atoms with Gasteiger partial charge in [0, 0.05) is 31.0 Å². The topological polar surface area (TPSA) is 39.0 Å². The molecule has 0 fully saturated rings. The van der Waals surface area contributed by atoms with E-state index in [4.69, 9.17) is 0 Å². The van der Waals surface area contributed by atoms with Gasteiger partial charge in [0.2, 0.25) is 0 Å². The van der Waals surface area contributed by atoms with E-state index in [1.165, 1.54) is 0 Å². The zero-order valence-electron chi connectivity index (χ0n) is 10.8. The molecule has 1 aromatic heterocycles. The second-order valence-electron chi connectivity index (χ2n) is 5.09. The van der Waals surface area contributed by atoms with Gasteiger partial charge in [-0.2, -0.15) is 0 Å². The number of imidazole rings is 1. The Labute approximate surface area is 97.3 Å². The summed E-state index contributed by atoms with van der Waals surface area (Å²) in [6.45, 7) is 10.9. The lowest BCUT2D eigenvalue weighted by atomic mass is 10.1. The Bertz CT molecular complexity index is 370. The molecular formula is C12H23N3O. The Morgan fingerprint density at radius 1 is 1.25 bits per heavy atom. The van der Waals surface area contributed by atoms with E-state index in [0.29, 0.717) is 0 Å². The first-order valence-corrected chi connectivity index (χ1v) is 5.94. The summed E-state index contributed by atoms with van der Waals surface area (Å²) in [6, 6.07) is 0. The fourth-order valence-electron chi connectivity index (χ4n) is 1.58. The van der Waals surface area contributed by atoms with Gasteiger partial charge in [-0.3, -0.25) is 9.13 Å². The van der Waals surface area contributed by atoms with Crippen LogP contribution in [0.3, 0.4) is 0 Å². The molecule has 0 spiro atoms. The van der Waals surface area contributed by atoms with Crippen molar-refractivity contribution < 1.29 is 0 Å². The van der Waals surface area contributed by atoms with Crippen molar-refractivity contribution in [3.8, 4) is 0 Å². The smallest absolute Gasteiger partial charge is 0.312 e. The maximum atomic E-state index is 11.7. The van der Waals surface area contributed by atoms with Gasteiger partial charge in [0.05, 0.1) is 0 Å². The third kappa shape index (κ3) is 3.85. The van der Waals surface area contributed by atoms with Gasteiger partial charge in [-0.25, -0.2) is 4.79 Å². The van der Waals surface area contributed by atoms with Crippen molar-refractivity contribution in [2.24, 2.45) is 0 Å². The van der Waals surface area contributed by atoms with Gasteiger partial charge in [-0.1, -0.05) is 0 Å². The molecular weight excluding hydrogens is 202 g/mol. The van der Waals surface area contributed by atoms with Gasteiger partial charge in [-0.05, 0) is 40.7 Å². The predicted molar refractivity (Wildman–Crippen MR) is 66.7 cm³/mol. The largest absolute Gasteiger partial charge is 0.328 e. The minimum absolute atomic E-state index is 0.0956. The first kappa shape index (κ1) is 13.0. The van der Waals surface area contributed by atoms with Crippen LogP contribution in [0, 0.1) is 0 Å². The summed E-state index contributed by atoms with van der Waals surface area (Å²) < 4.78 is 3.49. The summed E-state index contributed by atoms with van der Waals surface area (Å²) in [4.78, 5) is 11.7. The second kappa shape index (κ2) is 5.34. The number of rotatable bonds is 5. The van der Waals surface area contributed by atoms with Gasteiger partial charge < -0.3 is 5.32 Å². The van der Waals surface area contributed by atoms with E-state index < -0.39 is 0 Å². The number of aromatic nitrogens is 2. The molecule has 0 saturated carbocycles. The second-order valence-corrected chi connectivity index (χ2v) is 5.09. The summed E-state index contributed by atoms with van der Waals surface area (Å²) in [5, 5.41) is 3.41. The zero-order chi connectivity index (χ0) is 12.2. The first-order chi connectivity index (χ1) is 7.44. The van der Waals surface area contributed by atoms with Crippen LogP contribution in [0.4, 0.5) is 0 Å². The number of nitrogens with one attached hydrogen (secondary N) is 1. The Morgan fingerprint density at radius 3 is 2.38 bits per heavy atom. The minimum atomic E-state index is 0.0956. The Balaban J connectivity index is 2.38. The van der Waals surface area contributed by atoms with E-state index in [9.17, 15) is 4.79 Å². The standard InChI is InChI=1S/C12H23N3O/c1-5-14-9-10-15(11(14)16)8-6-7-13-12(2,3)4/h9-10,13H,5-8H2,1-4H3. The van der Waals surface area contributed by atoms with Crippen molar-refractivity contribution in [1.82, 2.24) is 14.5 Å². The Morgan fingerprint density at radius 2 is 1.88 bits per heavy atom. The van der Waals surface area contributed by atoms with Crippen molar-refractivity contribution >= 4 is 0 Å². The Kier molecular flexibility index (Phi) is 4.35. The summed E-state index contributed by atoms with van der Waals surface area (Å²) in [5.41, 5.74) is 0.249. The molecule has 0 amide bonds. The predicted octanol–water partition coefficient (Wildman–Crippen LogP) is 1.45. The van der Waals surface area contributed by atoms with Crippen LogP contribution in [0.1, 0.15) is 34.1 Å². The normalized spacial score (nSPS) is 12.0. The van der Waals surface area contributed by atoms with Crippen LogP contribution < -0.4 is 11.0 Å². The molecule has 0 atom stereocenters. The molecule has 0 bridgehead atoms. The molecule has 0 saturated heterocycles. The lowest BCUT2D eigenvalue weighted by molar-refractivity contribution is 0.412. The SMILES string of the molecule is CCn1ccn(CCCNC(C)(C)C)c1=O. The van der Waals surface area contributed by atoms with Crippen molar-refractivity contribution in [2.75, 3.05) is 6.54 Å². The van der Waals surface area contributed by atoms with Gasteiger partial charge in [-0.15, -0.1) is 0 Å². The van der Waals surface area contributed by atoms with E-state index in [1.54, 1.807) is 9.13 Å².